The number of hydrogen-bond donors (Lipinski definition) is 2. The first-order chi connectivity index (χ1) is 8.06. The lowest BCUT2D eigenvalue weighted by molar-refractivity contribution is 0.946. The van der Waals surface area contributed by atoms with Crippen molar-refractivity contribution in [3.8, 4) is 0 Å². The molecule has 8 heteroatoms. The van der Waals surface area contributed by atoms with Crippen LogP contribution in [0.1, 0.15) is 16.4 Å². The van der Waals surface area contributed by atoms with Gasteiger partial charge in [0.15, 0.2) is 4.34 Å². The van der Waals surface area contributed by atoms with Crippen LogP contribution in [-0.2, 0) is 0 Å². The summed E-state index contributed by atoms with van der Waals surface area (Å²) >= 11 is 2.83. The highest BCUT2D eigenvalue weighted by Gasteiger charge is 2.12. The molecule has 0 aliphatic rings. The predicted molar refractivity (Wildman–Crippen MR) is 66.6 cm³/mol. The Kier molecular flexibility index (Phi) is 3.34. The molecule has 88 valence electrons. The second-order valence-electron chi connectivity index (χ2n) is 3.24. The molecule has 0 amide bonds. The molecule has 0 spiro atoms. The van der Waals surface area contributed by atoms with Crippen molar-refractivity contribution in [1.82, 2.24) is 20.2 Å². The molecule has 2 heterocycles. The third kappa shape index (κ3) is 2.77. The number of nitrogens with one attached hydrogen (secondary N) is 1. The number of hydrogen-bond acceptors (Lipinski definition) is 7. The van der Waals surface area contributed by atoms with Crippen molar-refractivity contribution in [3.05, 3.63) is 22.6 Å². The highest BCUT2D eigenvalue weighted by molar-refractivity contribution is 8.01. The zero-order valence-electron chi connectivity index (χ0n) is 9.26. The summed E-state index contributed by atoms with van der Waals surface area (Å²) in [5.74, 6) is 0.590. The standard InChI is InChI=1S/C9H10N6S2/c1-4-12-3-6(7(10)11)8(13-4)17-9-15-14-5(2)16-9/h3H,1-2H3,(H3,10,11). The van der Waals surface area contributed by atoms with Gasteiger partial charge in [0.25, 0.3) is 0 Å². The van der Waals surface area contributed by atoms with Gasteiger partial charge in [0, 0.05) is 6.20 Å². The molecule has 2 aromatic rings. The minimum atomic E-state index is -0.0475. The van der Waals surface area contributed by atoms with Crippen LogP contribution in [0.4, 0.5) is 0 Å². The van der Waals surface area contributed by atoms with Crippen LogP contribution in [0.3, 0.4) is 0 Å². The SMILES string of the molecule is Cc1ncc(C(=N)N)c(Sc2nnc(C)s2)n1. The van der Waals surface area contributed by atoms with Crippen molar-refractivity contribution in [3.63, 3.8) is 0 Å². The van der Waals surface area contributed by atoms with E-state index in [2.05, 4.69) is 20.2 Å². The minimum absolute atomic E-state index is 0.0475. The Bertz CT molecular complexity index is 564. The van der Waals surface area contributed by atoms with Gasteiger partial charge in [-0.1, -0.05) is 11.3 Å². The van der Waals surface area contributed by atoms with Gasteiger partial charge in [-0.3, -0.25) is 5.41 Å². The van der Waals surface area contributed by atoms with Crippen LogP contribution in [-0.4, -0.2) is 26.0 Å². The van der Waals surface area contributed by atoms with Gasteiger partial charge in [0.2, 0.25) is 0 Å². The molecular weight excluding hydrogens is 256 g/mol. The van der Waals surface area contributed by atoms with Crippen LogP contribution in [0.25, 0.3) is 0 Å². The first-order valence-corrected chi connectivity index (χ1v) is 6.35. The quantitative estimate of drug-likeness (QED) is 0.494. The molecule has 0 saturated heterocycles. The predicted octanol–water partition coefficient (Wildman–Crippen LogP) is 1.38. The summed E-state index contributed by atoms with van der Waals surface area (Å²) < 4.78 is 0.781. The number of nitrogen functional groups attached to an aromatic ring is 1. The summed E-state index contributed by atoms with van der Waals surface area (Å²) in [5.41, 5.74) is 6.00. The molecule has 6 nitrogen and oxygen atoms in total. The van der Waals surface area contributed by atoms with Gasteiger partial charge >= 0.3 is 0 Å². The van der Waals surface area contributed by atoms with Crippen molar-refractivity contribution in [1.29, 1.82) is 5.41 Å². The molecule has 17 heavy (non-hydrogen) atoms. The van der Waals surface area contributed by atoms with Crippen LogP contribution in [0, 0.1) is 19.3 Å². The lowest BCUT2D eigenvalue weighted by Crippen LogP contribution is -2.14. The summed E-state index contributed by atoms with van der Waals surface area (Å²) in [6.07, 6.45) is 1.56. The van der Waals surface area contributed by atoms with E-state index in [4.69, 9.17) is 11.1 Å². The summed E-state index contributed by atoms with van der Waals surface area (Å²) in [5, 5.41) is 16.9. The molecule has 3 N–H and O–H groups in total. The molecule has 0 saturated carbocycles. The van der Waals surface area contributed by atoms with E-state index in [0.717, 1.165) is 9.35 Å². The Hall–Kier alpha value is -1.54. The van der Waals surface area contributed by atoms with Crippen LogP contribution in [0.5, 0.6) is 0 Å². The Balaban J connectivity index is 2.37. The van der Waals surface area contributed by atoms with E-state index in [1.807, 2.05) is 6.92 Å². The molecule has 0 unspecified atom stereocenters. The van der Waals surface area contributed by atoms with Crippen LogP contribution >= 0.6 is 23.1 Å². The molecule has 0 aromatic carbocycles. The van der Waals surface area contributed by atoms with Gasteiger partial charge in [0.1, 0.15) is 21.7 Å². The topological polar surface area (TPSA) is 101 Å². The summed E-state index contributed by atoms with van der Waals surface area (Å²) in [7, 11) is 0. The van der Waals surface area contributed by atoms with E-state index in [0.29, 0.717) is 16.4 Å². The number of aryl methyl sites for hydroxylation is 2. The first-order valence-electron chi connectivity index (χ1n) is 4.72. The fourth-order valence-corrected chi connectivity index (χ4v) is 2.99. The number of amidine groups is 1. The highest BCUT2D eigenvalue weighted by Crippen LogP contribution is 2.30. The van der Waals surface area contributed by atoms with E-state index in [9.17, 15) is 0 Å². The number of rotatable bonds is 3. The maximum absolute atomic E-state index is 7.47. The van der Waals surface area contributed by atoms with Crippen LogP contribution in [0.2, 0.25) is 0 Å². The van der Waals surface area contributed by atoms with E-state index >= 15 is 0 Å². The molecule has 0 bridgehead atoms. The average Bonchev–Trinajstić information content (AvgIpc) is 2.63. The molecule has 2 rings (SSSR count). The second-order valence-corrected chi connectivity index (χ2v) is 5.66. The van der Waals surface area contributed by atoms with Gasteiger partial charge in [-0.25, -0.2) is 9.97 Å². The molecule has 2 aromatic heterocycles. The zero-order chi connectivity index (χ0) is 12.4. The normalized spacial score (nSPS) is 10.5. The molecule has 0 aliphatic carbocycles. The third-order valence-corrected chi connectivity index (χ3v) is 3.75. The van der Waals surface area contributed by atoms with Crippen molar-refractivity contribution < 1.29 is 0 Å². The summed E-state index contributed by atoms with van der Waals surface area (Å²) in [6.45, 7) is 3.68. The first kappa shape index (κ1) is 11.9. The van der Waals surface area contributed by atoms with E-state index in [1.54, 1.807) is 13.1 Å². The van der Waals surface area contributed by atoms with Crippen LogP contribution in [0.15, 0.2) is 15.6 Å². The minimum Gasteiger partial charge on any atom is -0.384 e. The number of nitrogens with two attached hydrogens (primary N) is 1. The smallest absolute Gasteiger partial charge is 0.180 e. The third-order valence-electron chi connectivity index (χ3n) is 1.86. The van der Waals surface area contributed by atoms with Gasteiger partial charge in [-0.2, -0.15) is 0 Å². The Morgan fingerprint density at radius 1 is 1.41 bits per heavy atom. The van der Waals surface area contributed by atoms with Crippen LogP contribution < -0.4 is 5.73 Å². The van der Waals surface area contributed by atoms with Crippen molar-refractivity contribution in [2.24, 2.45) is 5.73 Å². The molecule has 0 fully saturated rings. The summed E-state index contributed by atoms with van der Waals surface area (Å²) in [4.78, 5) is 8.30. The zero-order valence-corrected chi connectivity index (χ0v) is 10.9. The van der Waals surface area contributed by atoms with Crippen molar-refractivity contribution >= 4 is 28.9 Å². The fourth-order valence-electron chi connectivity index (χ4n) is 1.11. The lowest BCUT2D eigenvalue weighted by atomic mass is 10.3. The largest absolute Gasteiger partial charge is 0.384 e. The Morgan fingerprint density at radius 2 is 2.18 bits per heavy atom. The number of nitrogens with zero attached hydrogens (tertiary/aromatic N) is 4. The van der Waals surface area contributed by atoms with Crippen molar-refractivity contribution in [2.75, 3.05) is 0 Å². The van der Waals surface area contributed by atoms with Gasteiger partial charge in [-0.05, 0) is 25.6 Å². The molecule has 0 radical (unpaired) electrons. The monoisotopic (exact) mass is 266 g/mol. The maximum Gasteiger partial charge on any atom is 0.180 e. The average molecular weight is 266 g/mol. The van der Waals surface area contributed by atoms with E-state index < -0.39 is 0 Å². The van der Waals surface area contributed by atoms with Gasteiger partial charge in [-0.15, -0.1) is 10.2 Å². The van der Waals surface area contributed by atoms with Crippen molar-refractivity contribution in [2.45, 2.75) is 23.2 Å². The molecule has 0 atom stereocenters. The number of aromatic nitrogens is 4. The van der Waals surface area contributed by atoms with Gasteiger partial charge < -0.3 is 5.73 Å². The molecular formula is C9H10N6S2. The van der Waals surface area contributed by atoms with E-state index in [-0.39, 0.29) is 5.84 Å². The highest BCUT2D eigenvalue weighted by atomic mass is 32.2. The maximum atomic E-state index is 7.47. The second kappa shape index (κ2) is 4.76. The Morgan fingerprint density at radius 3 is 2.76 bits per heavy atom. The van der Waals surface area contributed by atoms with Gasteiger partial charge in [0.05, 0.1) is 5.56 Å². The fraction of sp³-hybridized carbons (Fsp3) is 0.222. The lowest BCUT2D eigenvalue weighted by Gasteiger charge is -2.04. The Labute approximate surface area is 106 Å². The van der Waals surface area contributed by atoms with E-state index in [1.165, 1.54) is 23.1 Å². The summed E-state index contributed by atoms with van der Waals surface area (Å²) in [6, 6.07) is 0. The molecule has 0 aliphatic heterocycles.